The van der Waals surface area contributed by atoms with Gasteiger partial charge in [-0.1, -0.05) is 193 Å². The van der Waals surface area contributed by atoms with Gasteiger partial charge in [0.15, 0.2) is 0 Å². The molecule has 0 atom stereocenters. The van der Waals surface area contributed by atoms with E-state index in [0.717, 1.165) is 110 Å². The predicted molar refractivity (Wildman–Crippen MR) is 358 cm³/mol. The van der Waals surface area contributed by atoms with Crippen molar-refractivity contribution in [2.45, 2.75) is 48.5 Å². The average Bonchev–Trinajstić information content (AvgIpc) is 2.31. The number of aryl methyl sites for hydroxylation is 7. The Labute approximate surface area is 518 Å². The van der Waals surface area contributed by atoms with Crippen molar-refractivity contribution < 1.29 is 36.4 Å². The second kappa shape index (κ2) is 30.4. The maximum atomic E-state index is 13.6. The minimum absolute atomic E-state index is 0. The summed E-state index contributed by atoms with van der Waals surface area (Å²) < 4.78 is 0. The van der Waals surface area contributed by atoms with E-state index in [0.29, 0.717) is 22.5 Å². The molecule has 0 saturated carbocycles. The molecule has 0 aliphatic carbocycles. The molecule has 0 aliphatic rings. The van der Waals surface area contributed by atoms with Crippen LogP contribution in [0.4, 0.5) is 22.7 Å². The molecule has 0 heterocycles. The summed E-state index contributed by atoms with van der Waals surface area (Å²) in [6.07, 6.45) is 0. The molecule has 0 unspecified atom stereocenters. The Balaban J connectivity index is 0.000000220. The first-order valence-corrected chi connectivity index (χ1v) is 28.0. The van der Waals surface area contributed by atoms with Gasteiger partial charge < -0.3 is 30.6 Å². The monoisotopic (exact) mass is 1180 g/mol. The summed E-state index contributed by atoms with van der Waals surface area (Å²) in [7, 11) is 15.2. The SMILES string of the molecule is C[N-]C.C[N-]C.Cc1cc(C)c(C([O-])=Nc2ccc3ccccc3c2-c2c(N(C)C)ccc3ccccc23)c(C)c1.Cc1cc(C)c(C([O-])=Nc2ccc3ccccc3c2-c2c(N(C)C)ccc3ccccc23)c(C)c1.Cc1ccccc1.[Zr+4]. The zero-order chi connectivity index (χ0) is 59.9. The molecule has 11 aromatic carbocycles. The molecular weight excluding hydrogens is 1110 g/mol. The van der Waals surface area contributed by atoms with Crippen molar-refractivity contribution in [3.05, 3.63) is 261 Å². The molecule has 8 nitrogen and oxygen atoms in total. The molecule has 0 saturated heterocycles. The number of rotatable bonds is 8. The van der Waals surface area contributed by atoms with E-state index in [9.17, 15) is 10.2 Å². The Morgan fingerprint density at radius 1 is 0.333 bits per heavy atom. The summed E-state index contributed by atoms with van der Waals surface area (Å²) in [4.78, 5) is 13.8. The van der Waals surface area contributed by atoms with Crippen LogP contribution in [0, 0.1) is 48.5 Å². The molecule has 424 valence electrons. The van der Waals surface area contributed by atoms with Crippen molar-refractivity contribution in [1.82, 2.24) is 0 Å². The molecule has 0 aromatic heterocycles. The van der Waals surface area contributed by atoms with Crippen molar-refractivity contribution >= 4 is 77.6 Å². The van der Waals surface area contributed by atoms with Gasteiger partial charge in [0.2, 0.25) is 0 Å². The zero-order valence-electron chi connectivity index (χ0n) is 51.6. The van der Waals surface area contributed by atoms with Crippen LogP contribution in [0.15, 0.2) is 210 Å². The zero-order valence-corrected chi connectivity index (χ0v) is 54.0. The van der Waals surface area contributed by atoms with Crippen molar-refractivity contribution in [2.75, 3.05) is 66.2 Å². The molecule has 9 heteroatoms. The quantitative estimate of drug-likeness (QED) is 0.112. The molecule has 0 bridgehead atoms. The van der Waals surface area contributed by atoms with Crippen molar-refractivity contribution in [3.63, 3.8) is 0 Å². The van der Waals surface area contributed by atoms with E-state index in [1.807, 2.05) is 107 Å². The number of benzene rings is 11. The Hall–Kier alpha value is -8.20. The Bertz CT molecular complexity index is 3800. The number of nitrogens with zero attached hydrogens (tertiary/aromatic N) is 6. The van der Waals surface area contributed by atoms with Crippen LogP contribution in [0.2, 0.25) is 0 Å². The maximum absolute atomic E-state index is 13.6. The van der Waals surface area contributed by atoms with E-state index in [1.165, 1.54) is 5.56 Å². The Morgan fingerprint density at radius 3 is 0.869 bits per heavy atom. The van der Waals surface area contributed by atoms with Crippen LogP contribution in [0.3, 0.4) is 0 Å². The van der Waals surface area contributed by atoms with E-state index in [-0.39, 0.29) is 38.0 Å². The second-order valence-electron chi connectivity index (χ2n) is 21.4. The molecule has 0 N–H and O–H groups in total. The third-order valence-corrected chi connectivity index (χ3v) is 14.3. The van der Waals surface area contributed by atoms with Crippen LogP contribution >= 0.6 is 0 Å². The summed E-state index contributed by atoms with van der Waals surface area (Å²) >= 11 is 0. The number of anilines is 2. The van der Waals surface area contributed by atoms with Gasteiger partial charge in [-0.25, -0.2) is 0 Å². The minimum Gasteiger partial charge on any atom is -0.858 e. The van der Waals surface area contributed by atoms with Gasteiger partial charge >= 0.3 is 26.2 Å². The first-order chi connectivity index (χ1) is 39.9. The first kappa shape index (κ1) is 65.0. The molecular formula is C75H78N6O2Zr. The number of fused-ring (bicyclic) bond motifs is 4. The second-order valence-corrected chi connectivity index (χ2v) is 21.4. The number of aliphatic imine (C=N–C) groups is 2. The fourth-order valence-electron chi connectivity index (χ4n) is 10.9. The van der Waals surface area contributed by atoms with E-state index in [1.54, 1.807) is 28.2 Å². The molecule has 84 heavy (non-hydrogen) atoms. The topological polar surface area (TPSA) is 106 Å². The van der Waals surface area contributed by atoms with E-state index >= 15 is 0 Å². The van der Waals surface area contributed by atoms with Gasteiger partial charge in [0.05, 0.1) is 11.4 Å². The van der Waals surface area contributed by atoms with Gasteiger partial charge in [0, 0.05) is 61.8 Å². The largest absolute Gasteiger partial charge is 4.00 e. The van der Waals surface area contributed by atoms with Crippen molar-refractivity contribution in [3.8, 4) is 22.3 Å². The Morgan fingerprint density at radius 2 is 0.595 bits per heavy atom. The average molecular weight is 1190 g/mol. The predicted octanol–water partition coefficient (Wildman–Crippen LogP) is 17.4. The van der Waals surface area contributed by atoms with Crippen LogP contribution in [0.5, 0.6) is 0 Å². The number of hydrogen-bond acceptors (Lipinski definition) is 6. The molecule has 0 amide bonds. The standard InChI is InChI=1S/2C32H30N2O.C7H8.2C2H6N.Zr/c2*1-20-18-21(2)29(22(3)19-20)32(35)33-27-16-14-23-10-6-8-12-25(23)30(27)31-26-13-9-7-11-24(26)15-17-28(31)34(4)5;1-7-5-3-2-4-6-7;2*1-3-2;/h2*6-19H,1-5H3,(H,33,35);2-6H,1H3;2*1-2H3;/q;;;2*-1;+4/p-2. The van der Waals surface area contributed by atoms with Gasteiger partial charge in [-0.05, 0) is 161 Å². The minimum atomic E-state index is -0.205. The van der Waals surface area contributed by atoms with E-state index < -0.39 is 0 Å². The molecule has 0 aliphatic heterocycles. The molecule has 0 fully saturated rings. The summed E-state index contributed by atoms with van der Waals surface area (Å²) in [6, 6.07) is 68.6. The van der Waals surface area contributed by atoms with Crippen molar-refractivity contribution in [1.29, 1.82) is 0 Å². The smallest absolute Gasteiger partial charge is 0.858 e. The van der Waals surface area contributed by atoms with Gasteiger partial charge in [-0.3, -0.25) is 9.98 Å². The fraction of sp³-hybridized carbons (Fsp3) is 0.200. The fourth-order valence-corrected chi connectivity index (χ4v) is 10.9. The van der Waals surface area contributed by atoms with Crippen LogP contribution in [0.1, 0.15) is 50.1 Å². The van der Waals surface area contributed by atoms with E-state index in [2.05, 4.69) is 191 Å². The normalized spacial score (nSPS) is 11.0. The van der Waals surface area contributed by atoms with Crippen LogP contribution in [0.25, 0.3) is 76.0 Å². The van der Waals surface area contributed by atoms with Gasteiger partial charge in [0.25, 0.3) is 0 Å². The molecule has 11 aromatic rings. The molecule has 0 radical (unpaired) electrons. The van der Waals surface area contributed by atoms with Crippen LogP contribution < -0.4 is 20.0 Å². The maximum Gasteiger partial charge on any atom is 4.00 e. The van der Waals surface area contributed by atoms with Crippen molar-refractivity contribution in [2.24, 2.45) is 9.98 Å². The third-order valence-electron chi connectivity index (χ3n) is 14.3. The first-order valence-electron chi connectivity index (χ1n) is 28.0. The summed E-state index contributed by atoms with van der Waals surface area (Å²) in [5.74, 6) is -0.411. The summed E-state index contributed by atoms with van der Waals surface area (Å²) in [5, 5.41) is 43.2. The van der Waals surface area contributed by atoms with E-state index in [4.69, 9.17) is 9.98 Å². The van der Waals surface area contributed by atoms with Gasteiger partial charge in [-0.2, -0.15) is 28.2 Å². The van der Waals surface area contributed by atoms with Crippen LogP contribution in [-0.2, 0) is 26.2 Å². The molecule has 11 rings (SSSR count). The molecule has 0 spiro atoms. The summed E-state index contributed by atoms with van der Waals surface area (Å²) in [5.41, 5.74) is 16.5. The Kier molecular flexibility index (Phi) is 23.5. The van der Waals surface area contributed by atoms with Gasteiger partial charge in [-0.15, -0.1) is 0 Å². The van der Waals surface area contributed by atoms with Gasteiger partial charge in [0.1, 0.15) is 0 Å². The number of hydrogen-bond donors (Lipinski definition) is 0. The van der Waals surface area contributed by atoms with Crippen LogP contribution in [-0.4, -0.2) is 68.2 Å². The summed E-state index contributed by atoms with van der Waals surface area (Å²) in [6.45, 7) is 14.1. The third kappa shape index (κ3) is 15.3.